The van der Waals surface area contributed by atoms with Crippen LogP contribution in [0.3, 0.4) is 0 Å². The van der Waals surface area contributed by atoms with E-state index in [1.807, 2.05) is 0 Å². The van der Waals surface area contributed by atoms with Crippen molar-refractivity contribution in [2.45, 2.75) is 33.8 Å². The van der Waals surface area contributed by atoms with Gasteiger partial charge in [0.15, 0.2) is 11.5 Å². The summed E-state index contributed by atoms with van der Waals surface area (Å²) in [5.74, 6) is 1.13. The van der Waals surface area contributed by atoms with Crippen LogP contribution in [0.1, 0.15) is 32.8 Å². The van der Waals surface area contributed by atoms with Crippen LogP contribution in [0.25, 0.3) is 0 Å². The molecule has 0 aromatic heterocycles. The van der Waals surface area contributed by atoms with Gasteiger partial charge >= 0.3 is 0 Å². The highest BCUT2D eigenvalue weighted by Crippen LogP contribution is 2.35. The normalized spacial score (nSPS) is 11.4. The van der Waals surface area contributed by atoms with Crippen molar-refractivity contribution in [3.63, 3.8) is 0 Å². The number of hydrogen-bond acceptors (Lipinski definition) is 3. The van der Waals surface area contributed by atoms with E-state index in [4.69, 9.17) is 21.1 Å². The van der Waals surface area contributed by atoms with E-state index in [2.05, 4.69) is 20.8 Å². The van der Waals surface area contributed by atoms with Crippen LogP contribution >= 0.6 is 11.6 Å². The number of methoxy groups -OCH3 is 1. The molecule has 0 bridgehead atoms. The fraction of sp³-hybridized carbons (Fsp3) is 0.571. The molecule has 1 aromatic carbocycles. The Bertz CT molecular complexity index is 372. The molecule has 18 heavy (non-hydrogen) atoms. The van der Waals surface area contributed by atoms with Crippen LogP contribution in [0.2, 0.25) is 5.02 Å². The molecule has 0 saturated carbocycles. The number of benzene rings is 1. The average Bonchev–Trinajstić information content (AvgIpc) is 2.28. The Morgan fingerprint density at radius 1 is 1.28 bits per heavy atom. The molecule has 1 aromatic rings. The maximum Gasteiger partial charge on any atom is 0.166 e. The topological polar surface area (TPSA) is 38.7 Å². The van der Waals surface area contributed by atoms with Gasteiger partial charge in [-0.2, -0.15) is 0 Å². The van der Waals surface area contributed by atoms with E-state index in [0.717, 1.165) is 6.42 Å². The summed E-state index contributed by atoms with van der Waals surface area (Å²) >= 11 is 5.94. The molecule has 3 nitrogen and oxygen atoms in total. The highest BCUT2D eigenvalue weighted by atomic mass is 35.5. The minimum absolute atomic E-state index is 0.123. The fourth-order valence-electron chi connectivity index (χ4n) is 1.51. The summed E-state index contributed by atoms with van der Waals surface area (Å²) in [4.78, 5) is 0. The average molecular weight is 273 g/mol. The third-order valence-electron chi connectivity index (χ3n) is 2.59. The van der Waals surface area contributed by atoms with Gasteiger partial charge in [0.05, 0.1) is 20.3 Å². The quantitative estimate of drug-likeness (QED) is 0.889. The minimum atomic E-state index is -0.123. The largest absolute Gasteiger partial charge is 0.493 e. The van der Waals surface area contributed by atoms with Crippen LogP contribution in [0, 0.1) is 5.41 Å². The molecule has 1 rings (SSSR count). The van der Waals surface area contributed by atoms with Crippen molar-refractivity contribution in [2.24, 2.45) is 5.41 Å². The van der Waals surface area contributed by atoms with E-state index in [1.165, 1.54) is 0 Å². The van der Waals surface area contributed by atoms with E-state index in [0.29, 0.717) is 28.7 Å². The van der Waals surface area contributed by atoms with Gasteiger partial charge in [-0.25, -0.2) is 0 Å². The van der Waals surface area contributed by atoms with E-state index in [1.54, 1.807) is 19.2 Å². The van der Waals surface area contributed by atoms with Gasteiger partial charge < -0.3 is 14.6 Å². The van der Waals surface area contributed by atoms with Gasteiger partial charge in [-0.15, -0.1) is 0 Å². The standard InChI is InChI=1S/C14H21ClO3/c1-14(2,3)5-6-18-13-10(9-16)7-11(15)8-12(13)17-4/h7-8,16H,5-6,9H2,1-4H3. The van der Waals surface area contributed by atoms with Gasteiger partial charge in [-0.3, -0.25) is 0 Å². The summed E-state index contributed by atoms with van der Waals surface area (Å²) in [5.41, 5.74) is 0.854. The lowest BCUT2D eigenvalue weighted by atomic mass is 9.93. The van der Waals surface area contributed by atoms with E-state index in [9.17, 15) is 5.11 Å². The molecule has 0 unspecified atom stereocenters. The van der Waals surface area contributed by atoms with Gasteiger partial charge in [-0.1, -0.05) is 32.4 Å². The number of halogens is 1. The molecule has 1 N–H and O–H groups in total. The first-order valence-corrected chi connectivity index (χ1v) is 6.35. The van der Waals surface area contributed by atoms with Crippen LogP contribution < -0.4 is 9.47 Å². The second-order valence-electron chi connectivity index (χ2n) is 5.41. The third-order valence-corrected chi connectivity index (χ3v) is 2.80. The summed E-state index contributed by atoms with van der Waals surface area (Å²) in [5, 5.41) is 9.85. The highest BCUT2D eigenvalue weighted by molar-refractivity contribution is 6.30. The Balaban J connectivity index is 2.86. The first-order chi connectivity index (χ1) is 8.37. The summed E-state index contributed by atoms with van der Waals surface area (Å²) in [6, 6.07) is 3.38. The molecule has 0 saturated heterocycles. The smallest absolute Gasteiger partial charge is 0.166 e. The van der Waals surface area contributed by atoms with Crippen molar-refractivity contribution in [1.29, 1.82) is 0 Å². The number of hydrogen-bond donors (Lipinski definition) is 1. The monoisotopic (exact) mass is 272 g/mol. The number of aliphatic hydroxyl groups excluding tert-OH is 1. The van der Waals surface area contributed by atoms with Gasteiger partial charge in [0.1, 0.15) is 0 Å². The zero-order chi connectivity index (χ0) is 13.8. The Hall–Kier alpha value is -0.930. The first-order valence-electron chi connectivity index (χ1n) is 5.97. The highest BCUT2D eigenvalue weighted by Gasteiger charge is 2.15. The maximum atomic E-state index is 9.33. The van der Waals surface area contributed by atoms with Crippen LogP contribution in [-0.2, 0) is 6.61 Å². The molecule has 0 radical (unpaired) electrons. The molecular formula is C14H21ClO3. The lowest BCUT2D eigenvalue weighted by Gasteiger charge is -2.20. The van der Waals surface area contributed by atoms with Gasteiger partial charge in [0, 0.05) is 16.7 Å². The van der Waals surface area contributed by atoms with Gasteiger partial charge in [-0.05, 0) is 17.9 Å². The second kappa shape index (κ2) is 6.30. The molecule has 0 heterocycles. The molecule has 4 heteroatoms. The molecule has 0 atom stereocenters. The number of rotatable bonds is 5. The fourth-order valence-corrected chi connectivity index (χ4v) is 1.75. The van der Waals surface area contributed by atoms with Crippen LogP contribution in [0.15, 0.2) is 12.1 Å². The molecule has 102 valence electrons. The Morgan fingerprint density at radius 3 is 2.44 bits per heavy atom. The van der Waals surface area contributed by atoms with Crippen molar-refractivity contribution in [1.82, 2.24) is 0 Å². The summed E-state index contributed by atoms with van der Waals surface area (Å²) in [7, 11) is 1.56. The zero-order valence-electron chi connectivity index (χ0n) is 11.4. The minimum Gasteiger partial charge on any atom is -0.493 e. The van der Waals surface area contributed by atoms with Crippen LogP contribution in [-0.4, -0.2) is 18.8 Å². The molecule has 0 aliphatic carbocycles. The van der Waals surface area contributed by atoms with E-state index in [-0.39, 0.29) is 12.0 Å². The van der Waals surface area contributed by atoms with E-state index >= 15 is 0 Å². The molecule has 0 aliphatic rings. The van der Waals surface area contributed by atoms with Crippen molar-refractivity contribution in [3.05, 3.63) is 22.7 Å². The van der Waals surface area contributed by atoms with Crippen molar-refractivity contribution >= 4 is 11.6 Å². The lowest BCUT2D eigenvalue weighted by molar-refractivity contribution is 0.222. The third kappa shape index (κ3) is 4.39. The molecule has 0 amide bonds. The van der Waals surface area contributed by atoms with Crippen molar-refractivity contribution in [3.8, 4) is 11.5 Å². The summed E-state index contributed by atoms with van der Waals surface area (Å²) < 4.78 is 11.0. The van der Waals surface area contributed by atoms with Gasteiger partial charge in [0.25, 0.3) is 0 Å². The predicted octanol–water partition coefficient (Wildman–Crippen LogP) is 3.66. The summed E-state index contributed by atoms with van der Waals surface area (Å²) in [6.07, 6.45) is 0.920. The lowest BCUT2D eigenvalue weighted by Crippen LogP contribution is -2.12. The van der Waals surface area contributed by atoms with Crippen molar-refractivity contribution in [2.75, 3.05) is 13.7 Å². The Kier molecular flexibility index (Phi) is 5.29. The zero-order valence-corrected chi connectivity index (χ0v) is 12.2. The van der Waals surface area contributed by atoms with Crippen LogP contribution in [0.5, 0.6) is 11.5 Å². The predicted molar refractivity (Wildman–Crippen MR) is 73.5 cm³/mol. The van der Waals surface area contributed by atoms with E-state index < -0.39 is 0 Å². The second-order valence-corrected chi connectivity index (χ2v) is 5.85. The Labute approximate surface area is 114 Å². The maximum absolute atomic E-state index is 9.33. The molecule has 0 spiro atoms. The molecule has 0 fully saturated rings. The SMILES string of the molecule is COc1cc(Cl)cc(CO)c1OCCC(C)(C)C. The number of aliphatic hydroxyl groups is 1. The Morgan fingerprint density at radius 2 is 1.94 bits per heavy atom. The molecule has 0 aliphatic heterocycles. The summed E-state index contributed by atoms with van der Waals surface area (Å²) in [6.45, 7) is 6.92. The number of ether oxygens (including phenoxy) is 2. The van der Waals surface area contributed by atoms with Crippen molar-refractivity contribution < 1.29 is 14.6 Å². The van der Waals surface area contributed by atoms with Gasteiger partial charge in [0.2, 0.25) is 0 Å². The first kappa shape index (κ1) is 15.1. The molecular weight excluding hydrogens is 252 g/mol. The van der Waals surface area contributed by atoms with Crippen LogP contribution in [0.4, 0.5) is 0 Å².